The number of nitrogens with zero attached hydrogens (tertiary/aromatic N) is 1. The van der Waals surface area contributed by atoms with Gasteiger partial charge in [0.25, 0.3) is 0 Å². The fraction of sp³-hybridized carbons (Fsp3) is 0.611. The van der Waals surface area contributed by atoms with Crippen LogP contribution in [0.15, 0.2) is 35.2 Å². The first-order valence-corrected chi connectivity index (χ1v) is 10.4. The van der Waals surface area contributed by atoms with Crippen molar-refractivity contribution in [3.63, 3.8) is 0 Å². The monoisotopic (exact) mass is 350 g/mol. The summed E-state index contributed by atoms with van der Waals surface area (Å²) in [6, 6.07) is 8.02. The Morgan fingerprint density at radius 2 is 1.62 bits per heavy atom. The predicted molar refractivity (Wildman–Crippen MR) is 93.0 cm³/mol. The molecule has 24 heavy (non-hydrogen) atoms. The average Bonchev–Trinajstić information content (AvgIpc) is 2.96. The summed E-state index contributed by atoms with van der Waals surface area (Å²) in [6.45, 7) is 0.417. The summed E-state index contributed by atoms with van der Waals surface area (Å²) in [5, 5.41) is 3.11. The molecule has 1 aliphatic carbocycles. The molecule has 1 heterocycles. The molecule has 2 aliphatic rings. The lowest BCUT2D eigenvalue weighted by Gasteiger charge is -2.25. The van der Waals surface area contributed by atoms with Gasteiger partial charge in [-0.1, -0.05) is 43.9 Å². The molecule has 1 aromatic rings. The van der Waals surface area contributed by atoms with Crippen molar-refractivity contribution in [3.05, 3.63) is 30.3 Å². The van der Waals surface area contributed by atoms with Crippen LogP contribution < -0.4 is 5.32 Å². The van der Waals surface area contributed by atoms with Gasteiger partial charge in [0, 0.05) is 12.6 Å². The van der Waals surface area contributed by atoms with E-state index in [0.717, 1.165) is 32.1 Å². The SMILES string of the molecule is O=C(NC1CCCCCC1)C1CCCN1S(=O)(=O)c1ccccc1. The van der Waals surface area contributed by atoms with Crippen LogP contribution in [0.1, 0.15) is 51.4 Å². The zero-order valence-corrected chi connectivity index (χ0v) is 14.8. The standard InChI is InChI=1S/C18H26N2O3S/c21-18(19-15-9-4-1-2-5-10-15)17-13-8-14-20(17)24(22,23)16-11-6-3-7-12-16/h3,6-7,11-12,15,17H,1-2,4-5,8-10,13-14H2,(H,19,21). The summed E-state index contributed by atoms with van der Waals surface area (Å²) in [7, 11) is -3.61. The zero-order valence-electron chi connectivity index (χ0n) is 14.0. The molecule has 0 spiro atoms. The fourth-order valence-electron chi connectivity index (χ4n) is 3.74. The summed E-state index contributed by atoms with van der Waals surface area (Å²) >= 11 is 0. The molecular weight excluding hydrogens is 324 g/mol. The van der Waals surface area contributed by atoms with Crippen LogP contribution in [-0.2, 0) is 14.8 Å². The van der Waals surface area contributed by atoms with E-state index in [0.29, 0.717) is 13.0 Å². The third-order valence-electron chi connectivity index (χ3n) is 5.06. The lowest BCUT2D eigenvalue weighted by Crippen LogP contribution is -2.48. The van der Waals surface area contributed by atoms with E-state index in [1.807, 2.05) is 0 Å². The van der Waals surface area contributed by atoms with E-state index in [-0.39, 0.29) is 16.8 Å². The van der Waals surface area contributed by atoms with Crippen LogP contribution in [-0.4, -0.2) is 37.3 Å². The molecule has 1 aliphatic heterocycles. The van der Waals surface area contributed by atoms with Crippen LogP contribution in [0.2, 0.25) is 0 Å². The van der Waals surface area contributed by atoms with Crippen molar-refractivity contribution in [1.29, 1.82) is 0 Å². The van der Waals surface area contributed by atoms with Gasteiger partial charge in [0.1, 0.15) is 6.04 Å². The number of carbonyl (C=O) groups is 1. The van der Waals surface area contributed by atoms with Crippen molar-refractivity contribution < 1.29 is 13.2 Å². The van der Waals surface area contributed by atoms with E-state index in [2.05, 4.69) is 5.32 Å². The Kier molecular flexibility index (Phi) is 5.56. The van der Waals surface area contributed by atoms with Crippen LogP contribution >= 0.6 is 0 Å². The van der Waals surface area contributed by atoms with Gasteiger partial charge in [-0.3, -0.25) is 4.79 Å². The number of nitrogens with one attached hydrogen (secondary N) is 1. The van der Waals surface area contributed by atoms with Crippen molar-refractivity contribution in [3.8, 4) is 0 Å². The van der Waals surface area contributed by atoms with Gasteiger partial charge in [-0.15, -0.1) is 0 Å². The van der Waals surface area contributed by atoms with E-state index in [4.69, 9.17) is 0 Å². The van der Waals surface area contributed by atoms with Gasteiger partial charge in [-0.25, -0.2) is 8.42 Å². The van der Waals surface area contributed by atoms with Gasteiger partial charge in [0.05, 0.1) is 4.90 Å². The van der Waals surface area contributed by atoms with Crippen LogP contribution in [0.25, 0.3) is 0 Å². The largest absolute Gasteiger partial charge is 0.352 e. The smallest absolute Gasteiger partial charge is 0.243 e. The maximum absolute atomic E-state index is 12.8. The maximum atomic E-state index is 12.8. The third kappa shape index (κ3) is 3.81. The van der Waals surface area contributed by atoms with Gasteiger partial charge in [-0.2, -0.15) is 4.31 Å². The maximum Gasteiger partial charge on any atom is 0.243 e. The highest BCUT2D eigenvalue weighted by Gasteiger charge is 2.39. The highest BCUT2D eigenvalue weighted by molar-refractivity contribution is 7.89. The van der Waals surface area contributed by atoms with Crippen LogP contribution in [0.4, 0.5) is 0 Å². The Bertz CT molecular complexity index is 652. The Morgan fingerprint density at radius 3 is 2.29 bits per heavy atom. The Balaban J connectivity index is 1.71. The van der Waals surface area contributed by atoms with Crippen molar-refractivity contribution in [1.82, 2.24) is 9.62 Å². The van der Waals surface area contributed by atoms with Gasteiger partial charge >= 0.3 is 0 Å². The fourth-order valence-corrected chi connectivity index (χ4v) is 5.42. The molecule has 1 unspecified atom stereocenters. The molecule has 5 nitrogen and oxygen atoms in total. The molecule has 1 amide bonds. The Morgan fingerprint density at radius 1 is 0.958 bits per heavy atom. The lowest BCUT2D eigenvalue weighted by atomic mass is 10.1. The molecule has 1 saturated heterocycles. The normalized spacial score (nSPS) is 23.8. The predicted octanol–water partition coefficient (Wildman–Crippen LogP) is 2.68. The number of benzene rings is 1. The van der Waals surface area contributed by atoms with Gasteiger partial charge in [0.2, 0.25) is 15.9 Å². The first kappa shape index (κ1) is 17.4. The second-order valence-electron chi connectivity index (χ2n) is 6.78. The van der Waals surface area contributed by atoms with Crippen LogP contribution in [0.5, 0.6) is 0 Å². The molecule has 1 atom stereocenters. The summed E-state index contributed by atoms with van der Waals surface area (Å²) in [6.07, 6.45) is 8.07. The van der Waals surface area contributed by atoms with Crippen LogP contribution in [0.3, 0.4) is 0 Å². The molecule has 1 aromatic carbocycles. The second-order valence-corrected chi connectivity index (χ2v) is 8.67. The van der Waals surface area contributed by atoms with Crippen molar-refractivity contribution in [2.75, 3.05) is 6.54 Å². The van der Waals surface area contributed by atoms with Gasteiger partial charge in [0.15, 0.2) is 0 Å². The molecule has 0 bridgehead atoms. The lowest BCUT2D eigenvalue weighted by molar-refractivity contribution is -0.125. The number of carbonyl (C=O) groups excluding carboxylic acids is 1. The highest BCUT2D eigenvalue weighted by atomic mass is 32.2. The minimum absolute atomic E-state index is 0.126. The number of hydrogen-bond acceptors (Lipinski definition) is 3. The summed E-state index contributed by atoms with van der Waals surface area (Å²) in [5.41, 5.74) is 0. The second kappa shape index (κ2) is 7.66. The highest BCUT2D eigenvalue weighted by Crippen LogP contribution is 2.26. The average molecular weight is 350 g/mol. The minimum atomic E-state index is -3.61. The molecule has 2 fully saturated rings. The molecular formula is C18H26N2O3S. The van der Waals surface area contributed by atoms with Crippen LogP contribution in [0, 0.1) is 0 Å². The summed E-state index contributed by atoms with van der Waals surface area (Å²) in [4.78, 5) is 13.0. The Hall–Kier alpha value is -1.40. The van der Waals surface area contributed by atoms with E-state index in [1.54, 1.807) is 30.3 Å². The molecule has 0 aromatic heterocycles. The van der Waals surface area contributed by atoms with Crippen molar-refractivity contribution >= 4 is 15.9 Å². The third-order valence-corrected chi connectivity index (χ3v) is 6.98. The topological polar surface area (TPSA) is 66.5 Å². The molecule has 0 radical (unpaired) electrons. The molecule has 3 rings (SSSR count). The van der Waals surface area contributed by atoms with E-state index < -0.39 is 16.1 Å². The molecule has 1 N–H and O–H groups in total. The van der Waals surface area contributed by atoms with Gasteiger partial charge < -0.3 is 5.32 Å². The number of hydrogen-bond donors (Lipinski definition) is 1. The van der Waals surface area contributed by atoms with Gasteiger partial charge in [-0.05, 0) is 37.8 Å². The quantitative estimate of drug-likeness (QED) is 0.849. The molecule has 6 heteroatoms. The van der Waals surface area contributed by atoms with E-state index in [9.17, 15) is 13.2 Å². The van der Waals surface area contributed by atoms with E-state index >= 15 is 0 Å². The number of amides is 1. The molecule has 1 saturated carbocycles. The van der Waals surface area contributed by atoms with Crippen molar-refractivity contribution in [2.45, 2.75) is 68.3 Å². The summed E-state index contributed by atoms with van der Waals surface area (Å²) in [5.74, 6) is -0.126. The molecule has 132 valence electrons. The number of sulfonamides is 1. The van der Waals surface area contributed by atoms with Crippen molar-refractivity contribution in [2.24, 2.45) is 0 Å². The van der Waals surface area contributed by atoms with E-state index in [1.165, 1.54) is 17.1 Å². The zero-order chi connectivity index (χ0) is 17.0. The minimum Gasteiger partial charge on any atom is -0.352 e. The Labute approximate surface area is 144 Å². The number of rotatable bonds is 4. The first-order valence-electron chi connectivity index (χ1n) is 8.96. The summed E-state index contributed by atoms with van der Waals surface area (Å²) < 4.78 is 27.1. The first-order chi connectivity index (χ1) is 11.6.